The lowest BCUT2D eigenvalue weighted by Crippen LogP contribution is -2.35. The van der Waals surface area contributed by atoms with Crippen molar-refractivity contribution < 1.29 is 19.0 Å². The van der Waals surface area contributed by atoms with Crippen LogP contribution in [-0.2, 0) is 11.8 Å². The third kappa shape index (κ3) is 3.51. The predicted molar refractivity (Wildman–Crippen MR) is 89.7 cm³/mol. The van der Waals surface area contributed by atoms with E-state index in [1.165, 1.54) is 12.1 Å². The summed E-state index contributed by atoms with van der Waals surface area (Å²) in [6, 6.07) is 5.79. The number of β-amino-alcohol motifs (C(OH)–C–C–N with tert-alkyl or cyclic N) is 1. The molecule has 1 aromatic carbocycles. The van der Waals surface area contributed by atoms with E-state index in [0.717, 1.165) is 11.4 Å². The number of hydrogen-bond donors (Lipinski definition) is 1. The first-order valence-electron chi connectivity index (χ1n) is 8.22. The predicted octanol–water partition coefficient (Wildman–Crippen LogP) is 1.89. The van der Waals surface area contributed by atoms with Crippen LogP contribution in [0.2, 0.25) is 0 Å². The molecular formula is C18H22FN3O3. The van der Waals surface area contributed by atoms with Crippen LogP contribution in [0.3, 0.4) is 0 Å². The second kappa shape index (κ2) is 6.84. The number of aliphatic hydroxyl groups is 1. The van der Waals surface area contributed by atoms with Crippen LogP contribution in [0.5, 0.6) is 5.75 Å². The minimum absolute atomic E-state index is 0.147. The summed E-state index contributed by atoms with van der Waals surface area (Å²) in [7, 11) is 1.81. The van der Waals surface area contributed by atoms with Gasteiger partial charge in [-0.05, 0) is 38.0 Å². The molecule has 1 aromatic heterocycles. The first-order chi connectivity index (χ1) is 11.9. The Balaban J connectivity index is 1.73. The van der Waals surface area contributed by atoms with Gasteiger partial charge in [0.05, 0.1) is 17.8 Å². The maximum absolute atomic E-state index is 13.5. The normalized spacial score (nSPS) is 20.1. The molecule has 0 saturated carbocycles. The van der Waals surface area contributed by atoms with E-state index in [4.69, 9.17) is 4.74 Å². The maximum atomic E-state index is 13.5. The molecule has 0 unspecified atom stereocenters. The number of aryl methyl sites for hydroxylation is 2. The van der Waals surface area contributed by atoms with Gasteiger partial charge >= 0.3 is 0 Å². The average Bonchev–Trinajstić information content (AvgIpc) is 3.06. The van der Waals surface area contributed by atoms with Gasteiger partial charge in [0.1, 0.15) is 11.5 Å². The maximum Gasteiger partial charge on any atom is 0.261 e. The number of hydrogen-bond acceptors (Lipinski definition) is 4. The number of aromatic nitrogens is 2. The van der Waals surface area contributed by atoms with E-state index in [1.54, 1.807) is 21.7 Å². The van der Waals surface area contributed by atoms with E-state index < -0.39 is 6.10 Å². The van der Waals surface area contributed by atoms with Crippen molar-refractivity contribution in [2.75, 3.05) is 13.2 Å². The average molecular weight is 347 g/mol. The molecule has 7 heteroatoms. The zero-order chi connectivity index (χ0) is 18.1. The van der Waals surface area contributed by atoms with Crippen LogP contribution in [0, 0.1) is 19.7 Å². The SMILES string of the molecule is Cc1nn(C)c(C)c1OCC(=O)N1C[C@H](O)C[C@@H]1c1cccc(F)c1. The minimum atomic E-state index is -0.626. The second-order valence-electron chi connectivity index (χ2n) is 6.42. The number of amides is 1. The lowest BCUT2D eigenvalue weighted by molar-refractivity contribution is -0.134. The third-order valence-corrected chi connectivity index (χ3v) is 4.62. The van der Waals surface area contributed by atoms with E-state index in [0.29, 0.717) is 17.7 Å². The van der Waals surface area contributed by atoms with E-state index >= 15 is 0 Å². The fraction of sp³-hybridized carbons (Fsp3) is 0.444. The molecule has 1 fully saturated rings. The summed E-state index contributed by atoms with van der Waals surface area (Å²) in [4.78, 5) is 14.2. The van der Waals surface area contributed by atoms with Crippen molar-refractivity contribution in [3.8, 4) is 5.75 Å². The molecule has 0 radical (unpaired) electrons. The van der Waals surface area contributed by atoms with E-state index in [2.05, 4.69) is 5.10 Å². The Labute approximate surface area is 145 Å². The fourth-order valence-corrected chi connectivity index (χ4v) is 3.30. The van der Waals surface area contributed by atoms with Gasteiger partial charge in [0, 0.05) is 13.6 Å². The van der Waals surface area contributed by atoms with Crippen molar-refractivity contribution in [1.29, 1.82) is 0 Å². The van der Waals surface area contributed by atoms with Crippen molar-refractivity contribution in [2.45, 2.75) is 32.4 Å². The van der Waals surface area contributed by atoms with Crippen LogP contribution < -0.4 is 4.74 Å². The molecule has 2 heterocycles. The smallest absolute Gasteiger partial charge is 0.261 e. The number of aliphatic hydroxyl groups excluding tert-OH is 1. The Morgan fingerprint density at radius 2 is 2.20 bits per heavy atom. The van der Waals surface area contributed by atoms with Gasteiger partial charge in [0.2, 0.25) is 0 Å². The molecule has 6 nitrogen and oxygen atoms in total. The molecule has 1 N–H and O–H groups in total. The zero-order valence-corrected chi connectivity index (χ0v) is 14.6. The van der Waals surface area contributed by atoms with Gasteiger partial charge in [0.15, 0.2) is 12.4 Å². The molecule has 1 aliphatic rings. The van der Waals surface area contributed by atoms with Crippen molar-refractivity contribution in [2.24, 2.45) is 7.05 Å². The number of likely N-dealkylation sites (tertiary alicyclic amines) is 1. The summed E-state index contributed by atoms with van der Waals surface area (Å²) in [6.45, 7) is 3.76. The Morgan fingerprint density at radius 1 is 1.44 bits per heavy atom. The van der Waals surface area contributed by atoms with Gasteiger partial charge in [-0.15, -0.1) is 0 Å². The van der Waals surface area contributed by atoms with E-state index in [-0.39, 0.29) is 30.9 Å². The Morgan fingerprint density at radius 3 is 2.84 bits per heavy atom. The van der Waals surface area contributed by atoms with Crippen LogP contribution in [0.25, 0.3) is 0 Å². The number of halogens is 1. The quantitative estimate of drug-likeness (QED) is 0.917. The summed E-state index contributed by atoms with van der Waals surface area (Å²) in [6.07, 6.45) is -0.237. The monoisotopic (exact) mass is 347 g/mol. The molecule has 3 rings (SSSR count). The topological polar surface area (TPSA) is 67.6 Å². The highest BCUT2D eigenvalue weighted by Crippen LogP contribution is 2.32. The Bertz CT molecular complexity index is 790. The summed E-state index contributed by atoms with van der Waals surface area (Å²) in [5, 5.41) is 14.2. The summed E-state index contributed by atoms with van der Waals surface area (Å²) in [5.41, 5.74) is 2.24. The molecule has 0 bridgehead atoms. The number of rotatable bonds is 4. The van der Waals surface area contributed by atoms with E-state index in [1.807, 2.05) is 20.9 Å². The minimum Gasteiger partial charge on any atom is -0.480 e. The zero-order valence-electron chi connectivity index (χ0n) is 14.6. The molecule has 2 aromatic rings. The Kier molecular flexibility index (Phi) is 4.76. The molecule has 0 aliphatic carbocycles. The van der Waals surface area contributed by atoms with Gasteiger partial charge in [-0.1, -0.05) is 12.1 Å². The first-order valence-corrected chi connectivity index (χ1v) is 8.22. The van der Waals surface area contributed by atoms with Crippen molar-refractivity contribution in [3.63, 3.8) is 0 Å². The molecule has 1 amide bonds. The highest BCUT2D eigenvalue weighted by molar-refractivity contribution is 5.78. The molecule has 2 atom stereocenters. The molecule has 25 heavy (non-hydrogen) atoms. The fourth-order valence-electron chi connectivity index (χ4n) is 3.30. The number of carbonyl (C=O) groups is 1. The third-order valence-electron chi connectivity index (χ3n) is 4.62. The van der Waals surface area contributed by atoms with Crippen LogP contribution in [0.4, 0.5) is 4.39 Å². The van der Waals surface area contributed by atoms with Gasteiger partial charge in [-0.2, -0.15) is 5.10 Å². The van der Waals surface area contributed by atoms with Gasteiger partial charge in [0.25, 0.3) is 5.91 Å². The summed E-state index contributed by atoms with van der Waals surface area (Å²) in [5.74, 6) is -0.00415. The number of ether oxygens (including phenoxy) is 1. The molecular weight excluding hydrogens is 325 g/mol. The first kappa shape index (κ1) is 17.4. The van der Waals surface area contributed by atoms with E-state index in [9.17, 15) is 14.3 Å². The van der Waals surface area contributed by atoms with Crippen LogP contribution in [0.15, 0.2) is 24.3 Å². The number of nitrogens with zero attached hydrogens (tertiary/aromatic N) is 3. The van der Waals surface area contributed by atoms with Crippen molar-refractivity contribution in [3.05, 3.63) is 47.0 Å². The van der Waals surface area contributed by atoms with Gasteiger partial charge in [-0.25, -0.2) is 4.39 Å². The molecule has 0 spiro atoms. The van der Waals surface area contributed by atoms with Crippen LogP contribution in [0.1, 0.15) is 29.4 Å². The van der Waals surface area contributed by atoms with Crippen molar-refractivity contribution in [1.82, 2.24) is 14.7 Å². The van der Waals surface area contributed by atoms with Crippen molar-refractivity contribution >= 4 is 5.91 Å². The largest absolute Gasteiger partial charge is 0.480 e. The van der Waals surface area contributed by atoms with Crippen LogP contribution in [-0.4, -0.2) is 44.9 Å². The second-order valence-corrected chi connectivity index (χ2v) is 6.42. The highest BCUT2D eigenvalue weighted by Gasteiger charge is 2.35. The van der Waals surface area contributed by atoms with Gasteiger partial charge < -0.3 is 14.7 Å². The highest BCUT2D eigenvalue weighted by atomic mass is 19.1. The summed E-state index contributed by atoms with van der Waals surface area (Å²) < 4.78 is 20.9. The molecule has 1 saturated heterocycles. The lowest BCUT2D eigenvalue weighted by Gasteiger charge is -2.25. The lowest BCUT2D eigenvalue weighted by atomic mass is 10.0. The molecule has 134 valence electrons. The van der Waals surface area contributed by atoms with Gasteiger partial charge in [-0.3, -0.25) is 9.48 Å². The van der Waals surface area contributed by atoms with Crippen LogP contribution >= 0.6 is 0 Å². The number of carbonyl (C=O) groups excluding carboxylic acids is 1. The standard InChI is InChI=1S/C18H22FN3O3/c1-11-18(12(2)21(3)20-11)25-10-17(24)22-9-15(23)8-16(22)13-5-4-6-14(19)7-13/h4-7,15-16,23H,8-10H2,1-3H3/t15-,16-/m1/s1. The molecule has 1 aliphatic heterocycles. The summed E-state index contributed by atoms with van der Waals surface area (Å²) >= 11 is 0. The Hall–Kier alpha value is -2.41. The number of benzene rings is 1.